The van der Waals surface area contributed by atoms with Gasteiger partial charge in [0, 0.05) is 52.5 Å². The quantitative estimate of drug-likeness (QED) is 0.669. The van der Waals surface area contributed by atoms with E-state index in [4.69, 9.17) is 19.4 Å². The number of nitrogens with one attached hydrogen (secondary N) is 1. The van der Waals surface area contributed by atoms with Crippen molar-refractivity contribution in [1.29, 1.82) is 0 Å². The number of amides is 1. The zero-order chi connectivity index (χ0) is 21.9. The number of rotatable bonds is 4. The number of halogens is 3. The number of carboxylic acid groups (broad SMARTS) is 1. The van der Waals surface area contributed by atoms with Gasteiger partial charge in [0.25, 0.3) is 0 Å². The third-order valence-electron chi connectivity index (χ3n) is 6.15. The Bertz CT molecular complexity index is 617. The molecule has 1 amide bonds. The third-order valence-corrected chi connectivity index (χ3v) is 6.15. The number of likely N-dealkylation sites (N-methyl/N-ethyl adjacent to an activating group) is 1. The van der Waals surface area contributed by atoms with Crippen LogP contribution in [0.3, 0.4) is 0 Å². The highest BCUT2D eigenvalue weighted by Gasteiger charge is 2.52. The molecule has 1 aliphatic carbocycles. The van der Waals surface area contributed by atoms with E-state index in [1.165, 1.54) is 12.8 Å². The largest absolute Gasteiger partial charge is 0.490 e. The zero-order valence-corrected chi connectivity index (χ0v) is 17.1. The first-order chi connectivity index (χ1) is 14.1. The van der Waals surface area contributed by atoms with Gasteiger partial charge in [-0.2, -0.15) is 13.2 Å². The summed E-state index contributed by atoms with van der Waals surface area (Å²) in [6.07, 6.45) is -0.163. The van der Waals surface area contributed by atoms with Gasteiger partial charge in [-0.1, -0.05) is 0 Å². The van der Waals surface area contributed by atoms with Crippen molar-refractivity contribution in [1.82, 2.24) is 15.1 Å². The molecule has 3 saturated heterocycles. The van der Waals surface area contributed by atoms with E-state index < -0.39 is 12.1 Å². The molecule has 8 nitrogen and oxygen atoms in total. The highest BCUT2D eigenvalue weighted by atomic mass is 19.4. The smallest absolute Gasteiger partial charge is 0.475 e. The number of carbonyl (C=O) groups excluding carboxylic acids is 1. The summed E-state index contributed by atoms with van der Waals surface area (Å²) < 4.78 is 43.4. The highest BCUT2D eigenvalue weighted by Crippen LogP contribution is 2.37. The van der Waals surface area contributed by atoms with Crippen LogP contribution in [0.2, 0.25) is 0 Å². The third kappa shape index (κ3) is 5.83. The minimum absolute atomic E-state index is 0.0439. The van der Waals surface area contributed by atoms with Gasteiger partial charge in [-0.05, 0) is 31.6 Å². The predicted octanol–water partition coefficient (Wildman–Crippen LogP) is 0.710. The van der Waals surface area contributed by atoms with Crippen molar-refractivity contribution in [2.24, 2.45) is 5.92 Å². The summed E-state index contributed by atoms with van der Waals surface area (Å²) in [6.45, 7) is 6.30. The lowest BCUT2D eigenvalue weighted by Crippen LogP contribution is -2.74. The average molecular weight is 437 g/mol. The van der Waals surface area contributed by atoms with Gasteiger partial charge in [0.05, 0.1) is 6.61 Å². The lowest BCUT2D eigenvalue weighted by Gasteiger charge is -2.58. The van der Waals surface area contributed by atoms with Crippen molar-refractivity contribution < 1.29 is 37.3 Å². The Hall–Kier alpha value is -1.43. The van der Waals surface area contributed by atoms with E-state index in [0.29, 0.717) is 12.6 Å². The van der Waals surface area contributed by atoms with Gasteiger partial charge < -0.3 is 19.9 Å². The molecule has 1 spiro atoms. The number of carboxylic acids is 1. The standard InChI is InChI=1S/C17H29N3O3.C2HF3O2/c1-18-16(21)15-9-23-17(10-19(15)8-13-2-3-13)11-20(12-17)14-4-6-22-7-5-14;3-2(4,5)1(6)7/h13-15H,2-12H2,1H3,(H,18,21);(H,6,7). The first kappa shape index (κ1) is 23.2. The van der Waals surface area contributed by atoms with Gasteiger partial charge in [0.1, 0.15) is 11.6 Å². The fourth-order valence-corrected chi connectivity index (χ4v) is 4.31. The number of hydrogen-bond acceptors (Lipinski definition) is 6. The Labute approximate surface area is 173 Å². The molecular weight excluding hydrogens is 407 g/mol. The fourth-order valence-electron chi connectivity index (χ4n) is 4.31. The molecule has 2 N–H and O–H groups in total. The van der Waals surface area contributed by atoms with Gasteiger partial charge >= 0.3 is 12.1 Å². The van der Waals surface area contributed by atoms with Gasteiger partial charge in [-0.15, -0.1) is 0 Å². The second-order valence-electron chi connectivity index (χ2n) is 8.55. The Morgan fingerprint density at radius 3 is 2.23 bits per heavy atom. The van der Waals surface area contributed by atoms with Crippen molar-refractivity contribution in [3.05, 3.63) is 0 Å². The number of carbonyl (C=O) groups is 2. The minimum atomic E-state index is -5.08. The lowest BCUT2D eigenvalue weighted by molar-refractivity contribution is -0.212. The molecule has 1 atom stereocenters. The summed E-state index contributed by atoms with van der Waals surface area (Å²) in [5, 5.41) is 9.92. The summed E-state index contributed by atoms with van der Waals surface area (Å²) in [5.41, 5.74) is -0.0439. The second-order valence-corrected chi connectivity index (χ2v) is 8.55. The van der Waals surface area contributed by atoms with E-state index in [9.17, 15) is 18.0 Å². The molecule has 1 saturated carbocycles. The molecule has 0 aromatic rings. The maximum absolute atomic E-state index is 12.2. The van der Waals surface area contributed by atoms with Crippen LogP contribution >= 0.6 is 0 Å². The van der Waals surface area contributed by atoms with E-state index in [2.05, 4.69) is 15.1 Å². The van der Waals surface area contributed by atoms with E-state index in [0.717, 1.165) is 58.2 Å². The summed E-state index contributed by atoms with van der Waals surface area (Å²) in [4.78, 5) is 26.0. The first-order valence-electron chi connectivity index (χ1n) is 10.3. The number of ether oxygens (including phenoxy) is 2. The lowest BCUT2D eigenvalue weighted by atomic mass is 9.87. The molecule has 11 heteroatoms. The number of hydrogen-bond donors (Lipinski definition) is 2. The van der Waals surface area contributed by atoms with Crippen molar-refractivity contribution in [3.8, 4) is 0 Å². The van der Waals surface area contributed by atoms with Crippen LogP contribution in [0.15, 0.2) is 0 Å². The molecule has 4 aliphatic rings. The molecule has 172 valence electrons. The van der Waals surface area contributed by atoms with Crippen molar-refractivity contribution in [3.63, 3.8) is 0 Å². The molecule has 0 aromatic heterocycles. The Kier molecular flexibility index (Phi) is 7.26. The van der Waals surface area contributed by atoms with Crippen LogP contribution in [0.1, 0.15) is 25.7 Å². The molecule has 0 bridgehead atoms. The number of morpholine rings is 1. The molecule has 3 heterocycles. The molecule has 4 fully saturated rings. The average Bonchev–Trinajstić information content (AvgIpc) is 3.50. The molecule has 4 rings (SSSR count). The summed E-state index contributed by atoms with van der Waals surface area (Å²) in [6, 6.07) is 0.551. The zero-order valence-electron chi connectivity index (χ0n) is 17.1. The number of likely N-dealkylation sites (tertiary alicyclic amines) is 1. The molecule has 0 aromatic carbocycles. The molecule has 0 radical (unpaired) electrons. The highest BCUT2D eigenvalue weighted by molar-refractivity contribution is 5.81. The van der Waals surface area contributed by atoms with Crippen molar-refractivity contribution in [2.45, 2.75) is 49.5 Å². The normalized spacial score (nSPS) is 27.7. The molecular formula is C19H30F3N3O5. The van der Waals surface area contributed by atoms with Crippen LogP contribution in [-0.2, 0) is 19.1 Å². The summed E-state index contributed by atoms with van der Waals surface area (Å²) >= 11 is 0. The van der Waals surface area contributed by atoms with Gasteiger partial charge in [-0.3, -0.25) is 14.6 Å². The van der Waals surface area contributed by atoms with E-state index in [-0.39, 0.29) is 17.6 Å². The van der Waals surface area contributed by atoms with Crippen molar-refractivity contribution in [2.75, 3.05) is 53.0 Å². The molecule has 3 aliphatic heterocycles. The maximum atomic E-state index is 12.2. The van der Waals surface area contributed by atoms with Crippen LogP contribution in [-0.4, -0.2) is 104 Å². The van der Waals surface area contributed by atoms with Crippen LogP contribution in [0.5, 0.6) is 0 Å². The molecule has 30 heavy (non-hydrogen) atoms. The van der Waals surface area contributed by atoms with Crippen LogP contribution in [0, 0.1) is 5.92 Å². The van der Waals surface area contributed by atoms with E-state index in [1.807, 2.05) is 0 Å². The number of aliphatic carboxylic acids is 1. The van der Waals surface area contributed by atoms with Crippen LogP contribution in [0.25, 0.3) is 0 Å². The van der Waals surface area contributed by atoms with E-state index in [1.54, 1.807) is 7.05 Å². The molecule has 1 unspecified atom stereocenters. The van der Waals surface area contributed by atoms with E-state index >= 15 is 0 Å². The predicted molar refractivity (Wildman–Crippen MR) is 99.9 cm³/mol. The second kappa shape index (κ2) is 9.37. The van der Waals surface area contributed by atoms with Gasteiger partial charge in [-0.25, -0.2) is 4.79 Å². The van der Waals surface area contributed by atoms with Crippen LogP contribution in [0.4, 0.5) is 13.2 Å². The number of alkyl halides is 3. The first-order valence-corrected chi connectivity index (χ1v) is 10.3. The SMILES string of the molecule is CNC(=O)C1COC2(CN(C3CCOCC3)C2)CN1CC1CC1.O=C(O)C(F)(F)F. The Morgan fingerprint density at radius 1 is 1.13 bits per heavy atom. The number of nitrogens with zero attached hydrogens (tertiary/aromatic N) is 2. The topological polar surface area (TPSA) is 91.3 Å². The summed E-state index contributed by atoms with van der Waals surface area (Å²) in [7, 11) is 1.72. The van der Waals surface area contributed by atoms with Crippen molar-refractivity contribution >= 4 is 11.9 Å². The Balaban J connectivity index is 0.000000318. The summed E-state index contributed by atoms with van der Waals surface area (Å²) in [5.74, 6) is -1.86. The monoisotopic (exact) mass is 437 g/mol. The Morgan fingerprint density at radius 2 is 1.73 bits per heavy atom. The minimum Gasteiger partial charge on any atom is -0.475 e. The maximum Gasteiger partial charge on any atom is 0.490 e. The van der Waals surface area contributed by atoms with Gasteiger partial charge in [0.2, 0.25) is 5.91 Å². The van der Waals surface area contributed by atoms with Crippen LogP contribution < -0.4 is 5.32 Å². The van der Waals surface area contributed by atoms with Gasteiger partial charge in [0.15, 0.2) is 0 Å². The fraction of sp³-hybridized carbons (Fsp3) is 0.895.